The van der Waals surface area contributed by atoms with Crippen molar-refractivity contribution in [3.8, 4) is 11.1 Å². The summed E-state index contributed by atoms with van der Waals surface area (Å²) < 4.78 is 3.31. The van der Waals surface area contributed by atoms with Gasteiger partial charge >= 0.3 is 190 Å². The van der Waals surface area contributed by atoms with Crippen molar-refractivity contribution in [1.82, 2.24) is 0 Å². The molecule has 6 heteroatoms. The molecule has 6 rings (SSSR count). The molecule has 1 aliphatic heterocycles. The van der Waals surface area contributed by atoms with Gasteiger partial charge in [0, 0.05) is 0 Å². The van der Waals surface area contributed by atoms with Crippen molar-refractivity contribution in [3.63, 3.8) is 0 Å². The standard InChI is InChI=1S/C13H9.C11H6BrS.2ClH.S.Zr/c1-3-7-12-10(5-1)9-11-6-2-4-8-13(11)12;12-11-9-5-7-3-1-2-4-8(7)10(9)6-13-11;;;;/h1-7H,9H2;1-5,11H;2*1H;;/q;;;;;+2/p-2. The Bertz CT molecular complexity index is 1270. The van der Waals surface area contributed by atoms with Gasteiger partial charge < -0.3 is 24.8 Å². The average molecular weight is 610 g/mol. The van der Waals surface area contributed by atoms with Gasteiger partial charge in [0.05, 0.1) is 0 Å². The summed E-state index contributed by atoms with van der Waals surface area (Å²) in [7, 11) is 6.41. The Kier molecular flexibility index (Phi) is 6.76. The molecule has 0 N–H and O–H groups in total. The van der Waals surface area contributed by atoms with Gasteiger partial charge in [-0.15, -0.1) is 0 Å². The minimum atomic E-state index is -2.44. The maximum absolute atomic E-state index is 6.41. The van der Waals surface area contributed by atoms with E-state index in [4.69, 9.17) is 8.86 Å². The molecular formula is C24H15BrCl2S2Zr. The Morgan fingerprint density at radius 3 is 2.40 bits per heavy atom. The van der Waals surface area contributed by atoms with Gasteiger partial charge in [0.15, 0.2) is 0 Å². The molecule has 3 aliphatic rings. The third kappa shape index (κ3) is 3.43. The third-order valence-electron chi connectivity index (χ3n) is 5.79. The van der Waals surface area contributed by atoms with Crippen LogP contribution < -0.4 is 28.1 Å². The van der Waals surface area contributed by atoms with E-state index in [9.17, 15) is 0 Å². The van der Waals surface area contributed by atoms with E-state index in [1.807, 2.05) is 11.8 Å². The zero-order valence-electron chi connectivity index (χ0n) is 15.7. The number of allylic oxidation sites excluding steroid dienone is 1. The van der Waals surface area contributed by atoms with E-state index in [0.717, 1.165) is 6.42 Å². The molecular weight excluding hydrogens is 594 g/mol. The molecule has 0 aromatic heterocycles. The summed E-state index contributed by atoms with van der Waals surface area (Å²) in [6.45, 7) is 0. The molecule has 0 nitrogen and oxygen atoms in total. The zero-order chi connectivity index (χ0) is 18.8. The third-order valence-corrected chi connectivity index (χ3v) is 17.0. The normalized spacial score (nSPS) is 16.9. The van der Waals surface area contributed by atoms with E-state index in [1.54, 1.807) is 0 Å². The number of thioether (sulfide) groups is 1. The predicted molar refractivity (Wildman–Crippen MR) is 124 cm³/mol. The van der Waals surface area contributed by atoms with E-state index < -0.39 is 19.7 Å². The van der Waals surface area contributed by atoms with E-state index in [-0.39, 0.29) is 24.8 Å². The van der Waals surface area contributed by atoms with Crippen LogP contribution in [0.2, 0.25) is 0 Å². The van der Waals surface area contributed by atoms with E-state index >= 15 is 0 Å². The topological polar surface area (TPSA) is 0 Å². The van der Waals surface area contributed by atoms with Gasteiger partial charge in [-0.3, -0.25) is 0 Å². The van der Waals surface area contributed by atoms with Gasteiger partial charge in [0.2, 0.25) is 0 Å². The molecule has 0 bridgehead atoms. The van der Waals surface area contributed by atoms with Crippen LogP contribution in [0.1, 0.15) is 22.3 Å². The summed E-state index contributed by atoms with van der Waals surface area (Å²) >= 11 is 3.44. The van der Waals surface area contributed by atoms with Gasteiger partial charge in [-0.1, -0.05) is 0 Å². The molecule has 3 aromatic rings. The summed E-state index contributed by atoms with van der Waals surface area (Å²) in [6.07, 6.45) is 3.39. The summed E-state index contributed by atoms with van der Waals surface area (Å²) in [5.74, 6) is 0. The van der Waals surface area contributed by atoms with Crippen molar-refractivity contribution in [1.29, 1.82) is 0 Å². The first kappa shape index (κ1) is 22.8. The number of fused-ring (bicyclic) bond motifs is 6. The summed E-state index contributed by atoms with van der Waals surface area (Å²) in [6, 6.07) is 24.4. The van der Waals surface area contributed by atoms with E-state index in [1.165, 1.54) is 50.4 Å². The molecule has 3 aromatic carbocycles. The Labute approximate surface area is 212 Å². The minimum absolute atomic E-state index is 0. The Balaban J connectivity index is 0.00000109. The summed E-state index contributed by atoms with van der Waals surface area (Å²) in [4.78, 5) is 0. The molecule has 0 fully saturated rings. The number of hydrogen-bond donors (Lipinski definition) is 0. The second kappa shape index (κ2) is 8.89. The fourth-order valence-corrected chi connectivity index (χ4v) is 16.2. The fraction of sp³-hybridized carbons (Fsp3) is 0.0833. The second-order valence-electron chi connectivity index (χ2n) is 7.33. The van der Waals surface area contributed by atoms with Gasteiger partial charge in [0.25, 0.3) is 0 Å². The van der Waals surface area contributed by atoms with Crippen LogP contribution in [0.5, 0.6) is 0 Å². The number of alkyl halides is 1. The molecule has 0 radical (unpaired) electrons. The van der Waals surface area contributed by atoms with Gasteiger partial charge in [-0.25, -0.2) is 0 Å². The van der Waals surface area contributed by atoms with E-state index in [2.05, 4.69) is 88.7 Å². The molecule has 0 amide bonds. The number of halogens is 3. The molecule has 1 unspecified atom stereocenters. The molecule has 1 heterocycles. The summed E-state index contributed by atoms with van der Waals surface area (Å²) in [5.41, 5.74) is 11.3. The molecule has 2 aliphatic carbocycles. The average Bonchev–Trinajstić information content (AvgIpc) is 3.38. The first-order valence-corrected chi connectivity index (χ1v) is 17.0. The Morgan fingerprint density at radius 1 is 0.867 bits per heavy atom. The molecule has 1 atom stereocenters. The van der Waals surface area contributed by atoms with Crippen molar-refractivity contribution in [2.24, 2.45) is 0 Å². The quantitative estimate of drug-likeness (QED) is 0.310. The first-order valence-electron chi connectivity index (χ1n) is 9.33. The number of benzene rings is 3. The molecule has 0 saturated heterocycles. The van der Waals surface area contributed by atoms with Crippen molar-refractivity contribution >= 4 is 51.5 Å². The number of rotatable bonds is 2. The fourth-order valence-electron chi connectivity index (χ4n) is 4.57. The van der Waals surface area contributed by atoms with Crippen LogP contribution in [-0.2, 0) is 26.1 Å². The monoisotopic (exact) mass is 606 g/mol. The Hall–Kier alpha value is -0.347. The van der Waals surface area contributed by atoms with Crippen molar-refractivity contribution in [2.75, 3.05) is 0 Å². The Morgan fingerprint density at radius 2 is 1.57 bits per heavy atom. The van der Waals surface area contributed by atoms with Crippen LogP contribution >= 0.6 is 36.5 Å². The molecule has 148 valence electrons. The van der Waals surface area contributed by atoms with Crippen LogP contribution in [0.25, 0.3) is 22.8 Å². The summed E-state index contributed by atoms with van der Waals surface area (Å²) in [5, 5.41) is 0. The van der Waals surface area contributed by atoms with Crippen LogP contribution in [0.4, 0.5) is 0 Å². The van der Waals surface area contributed by atoms with Crippen LogP contribution in [-0.4, -0.2) is 4.16 Å². The zero-order valence-corrected chi connectivity index (χ0v) is 22.9. The van der Waals surface area contributed by atoms with Crippen LogP contribution in [0.3, 0.4) is 0 Å². The number of hydrogen-bond acceptors (Lipinski definition) is 2. The predicted octanol–water partition coefficient (Wildman–Crippen LogP) is 0.855. The van der Waals surface area contributed by atoms with Gasteiger partial charge in [0.1, 0.15) is 0 Å². The van der Waals surface area contributed by atoms with Crippen LogP contribution in [0.15, 0.2) is 74.9 Å². The van der Waals surface area contributed by atoms with E-state index in [0.29, 0.717) is 4.16 Å². The van der Waals surface area contributed by atoms with Crippen LogP contribution in [0, 0.1) is 0 Å². The van der Waals surface area contributed by atoms with Crippen molar-refractivity contribution < 1.29 is 44.5 Å². The van der Waals surface area contributed by atoms with Crippen molar-refractivity contribution in [3.05, 3.63) is 97.2 Å². The molecule has 30 heavy (non-hydrogen) atoms. The first-order chi connectivity index (χ1) is 13.7. The van der Waals surface area contributed by atoms with Gasteiger partial charge in [-0.2, -0.15) is 0 Å². The molecule has 0 saturated carbocycles. The molecule has 0 spiro atoms. The van der Waals surface area contributed by atoms with Crippen molar-refractivity contribution in [2.45, 2.75) is 10.6 Å². The second-order valence-corrected chi connectivity index (χ2v) is 17.4. The van der Waals surface area contributed by atoms with Gasteiger partial charge in [-0.05, 0) is 0 Å². The maximum atomic E-state index is 6.41. The SMILES string of the molecule is [Cl-].[Cl-].[S]=[Zr+2]([C]1=C2C(=Cc3ccccc32)C(Br)S1)[c]1cccc2c1-c1ccccc1C2.